The van der Waals surface area contributed by atoms with Gasteiger partial charge in [0.05, 0.1) is 17.1 Å². The van der Waals surface area contributed by atoms with Crippen LogP contribution in [0.1, 0.15) is 34.9 Å². The zero-order valence-corrected chi connectivity index (χ0v) is 13.7. The lowest BCUT2D eigenvalue weighted by atomic mass is 9.84. The highest BCUT2D eigenvalue weighted by molar-refractivity contribution is 7.16. The fraction of sp³-hybridized carbons (Fsp3) is 0.533. The first-order valence-corrected chi connectivity index (χ1v) is 8.67. The van der Waals surface area contributed by atoms with Crippen molar-refractivity contribution in [2.75, 3.05) is 19.7 Å². The SMILES string of the molecule is OC1COC2(CCN(Cc3cn[nH]c3)CC2)c2sc(Cl)cc21. The Balaban J connectivity index is 1.51. The summed E-state index contributed by atoms with van der Waals surface area (Å²) in [5.41, 5.74) is 1.90. The van der Waals surface area contributed by atoms with Crippen LogP contribution in [0.3, 0.4) is 0 Å². The van der Waals surface area contributed by atoms with Crippen LogP contribution in [0.4, 0.5) is 0 Å². The van der Waals surface area contributed by atoms with E-state index in [1.807, 2.05) is 18.5 Å². The van der Waals surface area contributed by atoms with Gasteiger partial charge in [-0.25, -0.2) is 0 Å². The number of nitrogens with zero attached hydrogens (tertiary/aromatic N) is 2. The number of hydrogen-bond acceptors (Lipinski definition) is 5. The van der Waals surface area contributed by atoms with E-state index in [1.165, 1.54) is 5.56 Å². The van der Waals surface area contributed by atoms with Crippen molar-refractivity contribution in [3.05, 3.63) is 38.8 Å². The number of aromatic amines is 1. The molecule has 2 aromatic rings. The maximum atomic E-state index is 10.1. The predicted molar refractivity (Wildman–Crippen MR) is 85.0 cm³/mol. The molecule has 7 heteroatoms. The standard InChI is InChI=1S/C15H18ClN3O2S/c16-13-5-11-12(20)9-21-15(14(11)22-13)1-3-19(4-2-15)8-10-6-17-18-7-10/h5-7,12,20H,1-4,8-9H2,(H,17,18). The lowest BCUT2D eigenvalue weighted by molar-refractivity contribution is -0.129. The molecule has 0 amide bonds. The van der Waals surface area contributed by atoms with Crippen LogP contribution in [0.2, 0.25) is 4.34 Å². The van der Waals surface area contributed by atoms with E-state index in [0.29, 0.717) is 6.61 Å². The van der Waals surface area contributed by atoms with Crippen LogP contribution in [0.5, 0.6) is 0 Å². The molecule has 1 spiro atoms. The Kier molecular flexibility index (Phi) is 3.74. The number of likely N-dealkylation sites (tertiary alicyclic amines) is 1. The first kappa shape index (κ1) is 14.7. The number of thiophene rings is 1. The van der Waals surface area contributed by atoms with E-state index < -0.39 is 6.10 Å². The molecule has 1 saturated heterocycles. The highest BCUT2D eigenvalue weighted by atomic mass is 35.5. The number of aromatic nitrogens is 2. The van der Waals surface area contributed by atoms with Gasteiger partial charge in [0.1, 0.15) is 11.7 Å². The number of aliphatic hydroxyl groups is 1. The fourth-order valence-electron chi connectivity index (χ4n) is 3.44. The van der Waals surface area contributed by atoms with Crippen LogP contribution < -0.4 is 0 Å². The maximum absolute atomic E-state index is 10.1. The Morgan fingerprint density at radius 2 is 2.32 bits per heavy atom. The first-order chi connectivity index (χ1) is 10.7. The van der Waals surface area contributed by atoms with Crippen LogP contribution in [-0.2, 0) is 16.9 Å². The third kappa shape index (κ3) is 2.49. The fourth-order valence-corrected chi connectivity index (χ4v) is 4.93. The Labute approximate surface area is 137 Å². The van der Waals surface area contributed by atoms with E-state index in [2.05, 4.69) is 15.1 Å². The molecule has 2 aliphatic heterocycles. The van der Waals surface area contributed by atoms with Crippen molar-refractivity contribution >= 4 is 22.9 Å². The van der Waals surface area contributed by atoms with E-state index in [4.69, 9.17) is 16.3 Å². The minimum Gasteiger partial charge on any atom is -0.386 e. The third-order valence-electron chi connectivity index (χ3n) is 4.65. The van der Waals surface area contributed by atoms with Gasteiger partial charge in [0.2, 0.25) is 0 Å². The molecule has 0 aromatic carbocycles. The summed E-state index contributed by atoms with van der Waals surface area (Å²) in [5, 5.41) is 17.0. The highest BCUT2D eigenvalue weighted by Crippen LogP contribution is 2.49. The Morgan fingerprint density at radius 1 is 1.50 bits per heavy atom. The molecular formula is C15H18ClN3O2S. The van der Waals surface area contributed by atoms with E-state index in [9.17, 15) is 5.11 Å². The van der Waals surface area contributed by atoms with Crippen molar-refractivity contribution in [3.63, 3.8) is 0 Å². The van der Waals surface area contributed by atoms with Crippen molar-refractivity contribution in [3.8, 4) is 0 Å². The maximum Gasteiger partial charge on any atom is 0.105 e. The molecule has 5 nitrogen and oxygen atoms in total. The van der Waals surface area contributed by atoms with Gasteiger partial charge in [0.25, 0.3) is 0 Å². The molecule has 1 atom stereocenters. The summed E-state index contributed by atoms with van der Waals surface area (Å²) < 4.78 is 6.83. The minimum atomic E-state index is -0.548. The second kappa shape index (κ2) is 5.62. The minimum absolute atomic E-state index is 0.265. The summed E-state index contributed by atoms with van der Waals surface area (Å²) in [5.74, 6) is 0. The number of fused-ring (bicyclic) bond motifs is 2. The van der Waals surface area contributed by atoms with Crippen molar-refractivity contribution in [2.45, 2.75) is 31.1 Å². The van der Waals surface area contributed by atoms with Gasteiger partial charge >= 0.3 is 0 Å². The van der Waals surface area contributed by atoms with E-state index in [1.54, 1.807) is 11.3 Å². The molecule has 118 valence electrons. The number of H-pyrrole nitrogens is 1. The summed E-state index contributed by atoms with van der Waals surface area (Å²) in [6.07, 6.45) is 5.13. The molecule has 1 fully saturated rings. The summed E-state index contributed by atoms with van der Waals surface area (Å²) in [7, 11) is 0. The lowest BCUT2D eigenvalue weighted by Crippen LogP contribution is -2.46. The van der Waals surface area contributed by atoms with Gasteiger partial charge in [-0.2, -0.15) is 5.10 Å². The average Bonchev–Trinajstić information content (AvgIpc) is 3.15. The van der Waals surface area contributed by atoms with E-state index >= 15 is 0 Å². The summed E-state index contributed by atoms with van der Waals surface area (Å²) in [6, 6.07) is 1.90. The Morgan fingerprint density at radius 3 is 3.05 bits per heavy atom. The number of aliphatic hydroxyl groups excluding tert-OH is 1. The zero-order valence-electron chi connectivity index (χ0n) is 12.1. The number of hydrogen-bond donors (Lipinski definition) is 2. The zero-order chi connectivity index (χ0) is 15.2. The number of rotatable bonds is 2. The largest absolute Gasteiger partial charge is 0.386 e. The molecule has 2 aliphatic rings. The topological polar surface area (TPSA) is 61.4 Å². The molecule has 0 bridgehead atoms. The number of piperidine rings is 1. The van der Waals surface area contributed by atoms with Crippen LogP contribution in [0.25, 0.3) is 0 Å². The van der Waals surface area contributed by atoms with Gasteiger partial charge in [-0.15, -0.1) is 11.3 Å². The van der Waals surface area contributed by atoms with Gasteiger partial charge in [-0.3, -0.25) is 10.00 Å². The average molecular weight is 340 g/mol. The van der Waals surface area contributed by atoms with E-state index in [0.717, 1.165) is 47.3 Å². The highest BCUT2D eigenvalue weighted by Gasteiger charge is 2.44. The van der Waals surface area contributed by atoms with Gasteiger partial charge in [0, 0.05) is 41.8 Å². The van der Waals surface area contributed by atoms with Crippen LogP contribution in [0, 0.1) is 0 Å². The predicted octanol–water partition coefficient (Wildman–Crippen LogP) is 2.68. The van der Waals surface area contributed by atoms with Gasteiger partial charge in [-0.05, 0) is 18.9 Å². The molecule has 0 aliphatic carbocycles. The molecule has 4 rings (SSSR count). The van der Waals surface area contributed by atoms with Crippen LogP contribution in [0.15, 0.2) is 18.5 Å². The molecule has 0 saturated carbocycles. The lowest BCUT2D eigenvalue weighted by Gasteiger charge is -2.44. The normalized spacial score (nSPS) is 24.5. The second-order valence-electron chi connectivity index (χ2n) is 6.04. The Hall–Kier alpha value is -0.920. The molecule has 2 N–H and O–H groups in total. The summed E-state index contributed by atoms with van der Waals surface area (Å²) in [6.45, 7) is 3.21. The molecular weight excluding hydrogens is 322 g/mol. The quantitative estimate of drug-likeness (QED) is 0.883. The van der Waals surface area contributed by atoms with Crippen molar-refractivity contribution < 1.29 is 9.84 Å². The number of ether oxygens (including phenoxy) is 1. The van der Waals surface area contributed by atoms with Crippen molar-refractivity contribution in [1.82, 2.24) is 15.1 Å². The smallest absolute Gasteiger partial charge is 0.105 e. The van der Waals surface area contributed by atoms with Crippen LogP contribution >= 0.6 is 22.9 Å². The van der Waals surface area contributed by atoms with E-state index in [-0.39, 0.29) is 5.60 Å². The van der Waals surface area contributed by atoms with Crippen molar-refractivity contribution in [1.29, 1.82) is 0 Å². The molecule has 1 unspecified atom stereocenters. The van der Waals surface area contributed by atoms with Gasteiger partial charge in [0.15, 0.2) is 0 Å². The number of nitrogens with one attached hydrogen (secondary N) is 1. The monoisotopic (exact) mass is 339 g/mol. The van der Waals surface area contributed by atoms with Gasteiger partial charge < -0.3 is 9.84 Å². The molecule has 2 aromatic heterocycles. The number of halogens is 1. The molecule has 22 heavy (non-hydrogen) atoms. The first-order valence-electron chi connectivity index (χ1n) is 7.48. The summed E-state index contributed by atoms with van der Waals surface area (Å²) >= 11 is 7.73. The summed E-state index contributed by atoms with van der Waals surface area (Å²) in [4.78, 5) is 3.54. The van der Waals surface area contributed by atoms with Crippen LogP contribution in [-0.4, -0.2) is 39.9 Å². The molecule has 4 heterocycles. The third-order valence-corrected chi connectivity index (χ3v) is 6.11. The second-order valence-corrected chi connectivity index (χ2v) is 7.72. The molecule has 0 radical (unpaired) electrons. The Bertz CT molecular complexity index is 650. The van der Waals surface area contributed by atoms with Crippen molar-refractivity contribution in [2.24, 2.45) is 0 Å². The van der Waals surface area contributed by atoms with Gasteiger partial charge in [-0.1, -0.05) is 11.6 Å².